The van der Waals surface area contributed by atoms with Gasteiger partial charge < -0.3 is 4.74 Å². The van der Waals surface area contributed by atoms with Crippen molar-refractivity contribution in [3.63, 3.8) is 0 Å². The number of fused-ring (bicyclic) bond motifs is 3. The van der Waals surface area contributed by atoms with Crippen LogP contribution in [0.4, 0.5) is 0 Å². The molecule has 0 saturated carbocycles. The van der Waals surface area contributed by atoms with E-state index in [1.165, 1.54) is 0 Å². The second-order valence-corrected chi connectivity index (χ2v) is 8.11. The number of nitrogens with zero attached hydrogens (tertiary/aromatic N) is 2. The molecule has 0 spiro atoms. The molecule has 6 heteroatoms. The van der Waals surface area contributed by atoms with Crippen LogP contribution in [0.2, 0.25) is 15.1 Å². The van der Waals surface area contributed by atoms with Crippen LogP contribution in [0.15, 0.2) is 71.8 Å². The van der Waals surface area contributed by atoms with E-state index in [4.69, 9.17) is 44.6 Å². The van der Waals surface area contributed by atoms with Gasteiger partial charge in [-0.3, -0.25) is 0 Å². The molecule has 0 N–H and O–H groups in total. The third kappa shape index (κ3) is 3.04. The van der Waals surface area contributed by atoms with Gasteiger partial charge in [-0.25, -0.2) is 5.01 Å². The molecule has 28 heavy (non-hydrogen) atoms. The van der Waals surface area contributed by atoms with Gasteiger partial charge in [-0.1, -0.05) is 71.2 Å². The molecule has 2 aliphatic rings. The summed E-state index contributed by atoms with van der Waals surface area (Å²) in [7, 11) is 0. The van der Waals surface area contributed by atoms with Gasteiger partial charge in [0, 0.05) is 27.6 Å². The van der Waals surface area contributed by atoms with Crippen molar-refractivity contribution in [2.45, 2.75) is 18.7 Å². The maximum atomic E-state index is 6.50. The van der Waals surface area contributed by atoms with Gasteiger partial charge in [-0.15, -0.1) is 0 Å². The number of halogens is 3. The number of hydrazone groups is 1. The summed E-state index contributed by atoms with van der Waals surface area (Å²) in [5.41, 5.74) is 3.97. The van der Waals surface area contributed by atoms with Crippen molar-refractivity contribution >= 4 is 40.5 Å². The van der Waals surface area contributed by atoms with E-state index in [1.54, 1.807) is 6.07 Å². The quantitative estimate of drug-likeness (QED) is 0.443. The SMILES string of the molecule is Clc1ccc([C@H]2Oc3ccc(Cl)cc3[C@@H]3CC(c4ccccc4)=NN23)c(Cl)c1. The van der Waals surface area contributed by atoms with Crippen LogP contribution in [0, 0.1) is 0 Å². The summed E-state index contributed by atoms with van der Waals surface area (Å²) >= 11 is 18.9. The largest absolute Gasteiger partial charge is 0.464 e. The summed E-state index contributed by atoms with van der Waals surface area (Å²) in [5, 5.41) is 8.72. The van der Waals surface area contributed by atoms with Crippen LogP contribution in [-0.4, -0.2) is 10.7 Å². The van der Waals surface area contributed by atoms with Gasteiger partial charge in [0.2, 0.25) is 6.23 Å². The molecule has 5 rings (SSSR count). The number of hydrogen-bond acceptors (Lipinski definition) is 3. The second-order valence-electron chi connectivity index (χ2n) is 6.83. The molecule has 0 saturated heterocycles. The Morgan fingerprint density at radius 2 is 1.61 bits per heavy atom. The number of benzene rings is 3. The van der Waals surface area contributed by atoms with E-state index < -0.39 is 6.23 Å². The molecule has 3 aromatic rings. The average molecular weight is 430 g/mol. The maximum absolute atomic E-state index is 6.50. The standard InChI is InChI=1S/C22H15Cl3N2O/c23-14-7-9-21-17(10-14)20-12-19(13-4-2-1-3-5-13)26-27(20)22(28-21)16-8-6-15(24)11-18(16)25/h1-11,20,22H,12H2/t20-,22+/m0/s1. The Hall–Kier alpha value is -2.20. The van der Waals surface area contributed by atoms with Crippen molar-refractivity contribution in [3.8, 4) is 5.75 Å². The average Bonchev–Trinajstić information content (AvgIpc) is 3.14. The Balaban J connectivity index is 1.63. The van der Waals surface area contributed by atoms with E-state index >= 15 is 0 Å². The first kappa shape index (κ1) is 17.9. The molecule has 3 aromatic carbocycles. The highest BCUT2D eigenvalue weighted by Gasteiger charge is 2.41. The highest BCUT2D eigenvalue weighted by atomic mass is 35.5. The molecule has 2 atom stereocenters. The fourth-order valence-corrected chi connectivity index (χ4v) is 4.45. The zero-order valence-electron chi connectivity index (χ0n) is 14.6. The normalized spacial score (nSPS) is 20.2. The lowest BCUT2D eigenvalue weighted by molar-refractivity contribution is -0.0189. The minimum atomic E-state index is -0.440. The highest BCUT2D eigenvalue weighted by molar-refractivity contribution is 6.35. The molecule has 2 heterocycles. The highest BCUT2D eigenvalue weighted by Crippen LogP contribution is 2.49. The Labute approximate surface area is 178 Å². The fourth-order valence-electron chi connectivity index (χ4n) is 3.77. The van der Waals surface area contributed by atoms with Crippen molar-refractivity contribution in [2.75, 3.05) is 0 Å². The first-order chi connectivity index (χ1) is 13.6. The van der Waals surface area contributed by atoms with Gasteiger partial charge >= 0.3 is 0 Å². The zero-order valence-corrected chi connectivity index (χ0v) is 16.9. The van der Waals surface area contributed by atoms with Gasteiger partial charge in [-0.2, -0.15) is 5.10 Å². The summed E-state index contributed by atoms with van der Waals surface area (Å²) in [6.45, 7) is 0. The minimum Gasteiger partial charge on any atom is -0.464 e. The number of hydrogen-bond donors (Lipinski definition) is 0. The molecule has 0 bridgehead atoms. The first-order valence-corrected chi connectivity index (χ1v) is 10.1. The molecule has 2 aliphatic heterocycles. The van der Waals surface area contributed by atoms with Crippen LogP contribution in [0.3, 0.4) is 0 Å². The molecule has 0 aromatic heterocycles. The molecule has 0 fully saturated rings. The number of ether oxygens (including phenoxy) is 1. The molecule has 3 nitrogen and oxygen atoms in total. The van der Waals surface area contributed by atoms with Gasteiger partial charge in [-0.05, 0) is 35.9 Å². The lowest BCUT2D eigenvalue weighted by Crippen LogP contribution is -2.33. The van der Waals surface area contributed by atoms with Crippen molar-refractivity contribution in [2.24, 2.45) is 5.10 Å². The lowest BCUT2D eigenvalue weighted by atomic mass is 9.96. The Morgan fingerprint density at radius 1 is 0.857 bits per heavy atom. The summed E-state index contributed by atoms with van der Waals surface area (Å²) < 4.78 is 6.32. The van der Waals surface area contributed by atoms with Crippen molar-refractivity contribution < 1.29 is 4.74 Å². The van der Waals surface area contributed by atoms with E-state index in [9.17, 15) is 0 Å². The van der Waals surface area contributed by atoms with Crippen LogP contribution >= 0.6 is 34.8 Å². The summed E-state index contributed by atoms with van der Waals surface area (Å²) in [5.74, 6) is 0.797. The molecule has 0 unspecified atom stereocenters. The second kappa shape index (κ2) is 7.00. The van der Waals surface area contributed by atoms with Gasteiger partial charge in [0.25, 0.3) is 0 Å². The minimum absolute atomic E-state index is 0.0226. The molecular weight excluding hydrogens is 415 g/mol. The Kier molecular flexibility index (Phi) is 4.47. The maximum Gasteiger partial charge on any atom is 0.215 e. The third-order valence-electron chi connectivity index (χ3n) is 5.09. The van der Waals surface area contributed by atoms with Crippen LogP contribution < -0.4 is 4.74 Å². The summed E-state index contributed by atoms with van der Waals surface area (Å²) in [6, 6.07) is 21.3. The summed E-state index contributed by atoms with van der Waals surface area (Å²) in [4.78, 5) is 0. The zero-order chi connectivity index (χ0) is 19.3. The van der Waals surface area contributed by atoms with Gasteiger partial charge in [0.15, 0.2) is 0 Å². The predicted octanol–water partition coefficient (Wildman–Crippen LogP) is 6.89. The molecule has 0 radical (unpaired) electrons. The van der Waals surface area contributed by atoms with E-state index in [0.29, 0.717) is 15.1 Å². The molecule has 0 amide bonds. The fraction of sp³-hybridized carbons (Fsp3) is 0.136. The van der Waals surface area contributed by atoms with E-state index in [0.717, 1.165) is 34.6 Å². The van der Waals surface area contributed by atoms with Crippen LogP contribution in [0.5, 0.6) is 5.75 Å². The Bertz CT molecular complexity index is 1080. The molecular formula is C22H15Cl3N2O. The molecule has 140 valence electrons. The van der Waals surface area contributed by atoms with Crippen LogP contribution in [0.25, 0.3) is 0 Å². The van der Waals surface area contributed by atoms with Gasteiger partial charge in [0.05, 0.1) is 16.8 Å². The van der Waals surface area contributed by atoms with Crippen LogP contribution in [-0.2, 0) is 0 Å². The topological polar surface area (TPSA) is 24.8 Å². The van der Waals surface area contributed by atoms with Crippen molar-refractivity contribution in [1.82, 2.24) is 5.01 Å². The third-order valence-corrected chi connectivity index (χ3v) is 5.88. The first-order valence-electron chi connectivity index (χ1n) is 8.92. The monoisotopic (exact) mass is 428 g/mol. The van der Waals surface area contributed by atoms with E-state index in [1.807, 2.05) is 53.5 Å². The smallest absolute Gasteiger partial charge is 0.215 e. The van der Waals surface area contributed by atoms with Gasteiger partial charge in [0.1, 0.15) is 5.75 Å². The van der Waals surface area contributed by atoms with E-state index in [2.05, 4.69) is 12.1 Å². The van der Waals surface area contributed by atoms with Crippen molar-refractivity contribution in [1.29, 1.82) is 0 Å². The summed E-state index contributed by atoms with van der Waals surface area (Å²) in [6.07, 6.45) is 0.326. The predicted molar refractivity (Wildman–Crippen MR) is 113 cm³/mol. The Morgan fingerprint density at radius 3 is 2.39 bits per heavy atom. The number of rotatable bonds is 2. The van der Waals surface area contributed by atoms with E-state index in [-0.39, 0.29) is 6.04 Å². The lowest BCUT2D eigenvalue weighted by Gasteiger charge is -2.38. The van der Waals surface area contributed by atoms with Crippen LogP contribution in [0.1, 0.15) is 35.4 Å². The molecule has 0 aliphatic carbocycles. The van der Waals surface area contributed by atoms with Crippen molar-refractivity contribution in [3.05, 3.63) is 98.5 Å².